The fourth-order valence-electron chi connectivity index (χ4n) is 5.76. The Morgan fingerprint density at radius 1 is 1.38 bits per heavy atom. The largest absolute Gasteiger partial charge is 0.461 e. The van der Waals surface area contributed by atoms with Crippen molar-refractivity contribution in [3.63, 3.8) is 0 Å². The average molecular weight is 465 g/mol. The lowest BCUT2D eigenvalue weighted by Crippen LogP contribution is -2.57. The Labute approximate surface area is 195 Å². The SMILES string of the molecule is C=CCOC(=O)[C@H]1[C@H]2C(=O)N([C@H](C)CO)C(C(=O)N(CC=C)CCCC)C23CC[C@]1(C)S3. The molecule has 7 nitrogen and oxygen atoms in total. The van der Waals surface area contributed by atoms with Crippen LogP contribution in [0.3, 0.4) is 0 Å². The molecular weight excluding hydrogens is 428 g/mol. The van der Waals surface area contributed by atoms with Crippen LogP contribution in [-0.2, 0) is 19.1 Å². The lowest BCUT2D eigenvalue weighted by atomic mass is 9.66. The monoisotopic (exact) mass is 464 g/mol. The van der Waals surface area contributed by atoms with Gasteiger partial charge in [-0.3, -0.25) is 14.4 Å². The third kappa shape index (κ3) is 3.79. The Bertz CT molecular complexity index is 788. The first-order valence-electron chi connectivity index (χ1n) is 11.5. The molecule has 2 bridgehead atoms. The van der Waals surface area contributed by atoms with E-state index in [9.17, 15) is 19.5 Å². The van der Waals surface area contributed by atoms with Gasteiger partial charge in [0, 0.05) is 17.8 Å². The zero-order valence-corrected chi connectivity index (χ0v) is 20.2. The van der Waals surface area contributed by atoms with Crippen molar-refractivity contribution in [3.8, 4) is 0 Å². The van der Waals surface area contributed by atoms with E-state index in [0.29, 0.717) is 19.5 Å². The highest BCUT2D eigenvalue weighted by molar-refractivity contribution is 8.02. The van der Waals surface area contributed by atoms with Gasteiger partial charge in [0.25, 0.3) is 0 Å². The Kier molecular flexibility index (Phi) is 7.44. The topological polar surface area (TPSA) is 87.1 Å². The lowest BCUT2D eigenvalue weighted by Gasteiger charge is -2.38. The highest BCUT2D eigenvalue weighted by Crippen LogP contribution is 2.71. The number of fused-ring (bicyclic) bond motifs is 1. The second-order valence-electron chi connectivity index (χ2n) is 9.35. The van der Waals surface area contributed by atoms with E-state index in [0.717, 1.165) is 19.3 Å². The molecule has 3 aliphatic rings. The minimum atomic E-state index is -0.719. The van der Waals surface area contributed by atoms with E-state index < -0.39 is 39.4 Å². The van der Waals surface area contributed by atoms with Crippen molar-refractivity contribution < 1.29 is 24.2 Å². The summed E-state index contributed by atoms with van der Waals surface area (Å²) in [4.78, 5) is 44.1. The number of nitrogens with zero attached hydrogens (tertiary/aromatic N) is 2. The van der Waals surface area contributed by atoms with Gasteiger partial charge in [-0.2, -0.15) is 0 Å². The number of thioether (sulfide) groups is 1. The summed E-state index contributed by atoms with van der Waals surface area (Å²) in [7, 11) is 0. The van der Waals surface area contributed by atoms with Crippen LogP contribution in [0.5, 0.6) is 0 Å². The van der Waals surface area contributed by atoms with Gasteiger partial charge in [-0.25, -0.2) is 0 Å². The van der Waals surface area contributed by atoms with Crippen LogP contribution in [0.25, 0.3) is 0 Å². The molecule has 3 rings (SSSR count). The molecule has 2 unspecified atom stereocenters. The molecule has 0 aromatic carbocycles. The highest BCUT2D eigenvalue weighted by Gasteiger charge is 2.78. The van der Waals surface area contributed by atoms with Crippen molar-refractivity contribution >= 4 is 29.5 Å². The number of likely N-dealkylation sites (tertiary alicyclic amines) is 1. The number of carbonyl (C=O) groups excluding carboxylic acids is 3. The fourth-order valence-corrected chi connectivity index (χ4v) is 8.09. The van der Waals surface area contributed by atoms with E-state index >= 15 is 0 Å². The molecule has 3 fully saturated rings. The van der Waals surface area contributed by atoms with Crippen LogP contribution >= 0.6 is 11.8 Å². The highest BCUT2D eigenvalue weighted by atomic mass is 32.2. The number of hydrogen-bond acceptors (Lipinski definition) is 6. The number of aliphatic hydroxyl groups excluding tert-OH is 1. The molecule has 3 aliphatic heterocycles. The number of carbonyl (C=O) groups is 3. The van der Waals surface area contributed by atoms with Crippen molar-refractivity contribution in [1.82, 2.24) is 9.80 Å². The molecule has 0 aliphatic carbocycles. The van der Waals surface area contributed by atoms with E-state index in [-0.39, 0.29) is 25.0 Å². The number of unbranched alkanes of at least 4 members (excludes halogenated alkanes) is 1. The van der Waals surface area contributed by atoms with Crippen LogP contribution in [0.2, 0.25) is 0 Å². The average Bonchev–Trinajstić information content (AvgIpc) is 3.34. The van der Waals surface area contributed by atoms with Gasteiger partial charge in [-0.1, -0.05) is 32.1 Å². The predicted molar refractivity (Wildman–Crippen MR) is 125 cm³/mol. The van der Waals surface area contributed by atoms with E-state index in [1.54, 1.807) is 34.6 Å². The molecule has 0 saturated carbocycles. The first-order valence-corrected chi connectivity index (χ1v) is 12.3. The van der Waals surface area contributed by atoms with E-state index in [2.05, 4.69) is 20.1 Å². The normalized spacial score (nSPS) is 33.7. The summed E-state index contributed by atoms with van der Waals surface area (Å²) in [5, 5.41) is 9.92. The minimum Gasteiger partial charge on any atom is -0.461 e. The Balaban J connectivity index is 2.05. The van der Waals surface area contributed by atoms with Crippen LogP contribution in [0.1, 0.15) is 46.5 Å². The molecule has 32 heavy (non-hydrogen) atoms. The zero-order valence-electron chi connectivity index (χ0n) is 19.4. The lowest BCUT2D eigenvalue weighted by molar-refractivity contribution is -0.155. The number of hydrogen-bond donors (Lipinski definition) is 1. The van der Waals surface area contributed by atoms with Crippen molar-refractivity contribution in [2.75, 3.05) is 26.3 Å². The summed E-state index contributed by atoms with van der Waals surface area (Å²) in [6.07, 6.45) is 6.43. The number of aliphatic hydroxyl groups is 1. The van der Waals surface area contributed by atoms with Gasteiger partial charge in [-0.05, 0) is 33.1 Å². The molecular formula is C24H36N2O5S. The molecule has 3 heterocycles. The first kappa shape index (κ1) is 24.8. The van der Waals surface area contributed by atoms with Crippen LogP contribution in [0.4, 0.5) is 0 Å². The van der Waals surface area contributed by atoms with E-state index in [4.69, 9.17) is 4.74 Å². The molecule has 0 aromatic heterocycles. The number of amides is 2. The molecule has 6 atom stereocenters. The van der Waals surface area contributed by atoms with Crippen molar-refractivity contribution in [2.24, 2.45) is 11.8 Å². The van der Waals surface area contributed by atoms with Crippen LogP contribution in [-0.4, -0.2) is 80.6 Å². The van der Waals surface area contributed by atoms with Gasteiger partial charge in [-0.15, -0.1) is 18.3 Å². The first-order chi connectivity index (χ1) is 15.2. The van der Waals surface area contributed by atoms with Crippen LogP contribution in [0.15, 0.2) is 25.3 Å². The summed E-state index contributed by atoms with van der Waals surface area (Å²) in [5.41, 5.74) is 0. The van der Waals surface area contributed by atoms with Crippen molar-refractivity contribution in [1.29, 1.82) is 0 Å². The summed E-state index contributed by atoms with van der Waals surface area (Å²) in [6, 6.07) is -1.24. The molecule has 1 N–H and O–H groups in total. The maximum absolute atomic E-state index is 14.0. The van der Waals surface area contributed by atoms with Gasteiger partial charge < -0.3 is 19.6 Å². The molecule has 178 valence electrons. The third-order valence-corrected chi connectivity index (χ3v) is 9.21. The summed E-state index contributed by atoms with van der Waals surface area (Å²) in [6.45, 7) is 14.1. The van der Waals surface area contributed by atoms with Gasteiger partial charge in [0.1, 0.15) is 12.6 Å². The van der Waals surface area contributed by atoms with Gasteiger partial charge in [0.05, 0.1) is 29.2 Å². The number of rotatable bonds is 11. The van der Waals surface area contributed by atoms with E-state index in [1.165, 1.54) is 6.08 Å². The molecule has 1 spiro atoms. The molecule has 8 heteroatoms. The maximum atomic E-state index is 14.0. The fraction of sp³-hybridized carbons (Fsp3) is 0.708. The molecule has 3 saturated heterocycles. The van der Waals surface area contributed by atoms with Crippen molar-refractivity contribution in [3.05, 3.63) is 25.3 Å². The molecule has 2 amide bonds. The van der Waals surface area contributed by atoms with Gasteiger partial charge in [0.15, 0.2) is 0 Å². The Hall–Kier alpha value is -1.80. The Morgan fingerprint density at radius 3 is 2.69 bits per heavy atom. The van der Waals surface area contributed by atoms with Gasteiger partial charge in [0.2, 0.25) is 11.8 Å². The van der Waals surface area contributed by atoms with Crippen LogP contribution < -0.4 is 0 Å². The minimum absolute atomic E-state index is 0.0905. The predicted octanol–water partition coefficient (Wildman–Crippen LogP) is 2.39. The zero-order chi connectivity index (χ0) is 23.7. The second kappa shape index (κ2) is 9.59. The van der Waals surface area contributed by atoms with Crippen LogP contribution in [0, 0.1) is 11.8 Å². The summed E-state index contributed by atoms with van der Waals surface area (Å²) in [5.74, 6) is -2.01. The quantitative estimate of drug-likeness (QED) is 0.373. The standard InChI is InChI=1S/C24H36N2O5S/c1-6-9-13-25(12-7-2)21(29)19-24-11-10-23(5,32-24)18(22(30)31-14-8-3)17(24)20(28)26(19)16(4)15-27/h7-8,16-19,27H,2-3,6,9-15H2,1,4-5H3/t16-,17+,18-,19?,23+,24?/m1/s1. The maximum Gasteiger partial charge on any atom is 0.311 e. The smallest absolute Gasteiger partial charge is 0.311 e. The van der Waals surface area contributed by atoms with Crippen molar-refractivity contribution in [2.45, 2.75) is 68.0 Å². The number of esters is 1. The van der Waals surface area contributed by atoms with E-state index in [1.807, 2.05) is 6.92 Å². The number of ether oxygens (including phenoxy) is 1. The Morgan fingerprint density at radius 2 is 2.09 bits per heavy atom. The summed E-state index contributed by atoms with van der Waals surface area (Å²) >= 11 is 1.61. The summed E-state index contributed by atoms with van der Waals surface area (Å²) < 4.78 is 4.25. The molecule has 0 aromatic rings. The second-order valence-corrected chi connectivity index (χ2v) is 11.2. The van der Waals surface area contributed by atoms with Gasteiger partial charge >= 0.3 is 5.97 Å². The third-order valence-electron chi connectivity index (χ3n) is 7.23. The molecule has 0 radical (unpaired) electrons.